The Kier molecular flexibility index (Phi) is 6.07. The van der Waals surface area contributed by atoms with Crippen LogP contribution in [0, 0.1) is 0 Å². The Morgan fingerprint density at radius 2 is 1.79 bits per heavy atom. The van der Waals surface area contributed by atoms with Crippen LogP contribution in [-0.2, 0) is 6.54 Å². The SMILES string of the molecule is COc1ccc(-c2csc(CN3CCN(C(=O)Nc4ccccc4)CC3)n2)cc1. The van der Waals surface area contributed by atoms with Crippen molar-refractivity contribution in [1.82, 2.24) is 14.8 Å². The second kappa shape index (κ2) is 9.07. The zero-order chi connectivity index (χ0) is 20.1. The Balaban J connectivity index is 1.28. The summed E-state index contributed by atoms with van der Waals surface area (Å²) in [7, 11) is 1.67. The van der Waals surface area contributed by atoms with Crippen LogP contribution in [0.5, 0.6) is 5.75 Å². The number of ether oxygens (including phenoxy) is 1. The fourth-order valence-corrected chi connectivity index (χ4v) is 4.15. The summed E-state index contributed by atoms with van der Waals surface area (Å²) in [6.07, 6.45) is 0. The average Bonchev–Trinajstić information content (AvgIpc) is 3.23. The van der Waals surface area contributed by atoms with Gasteiger partial charge in [-0.1, -0.05) is 18.2 Å². The standard InChI is InChI=1S/C22H24N4O2S/c1-28-19-9-7-17(8-10-19)20-16-29-21(24-20)15-25-11-13-26(14-12-25)22(27)23-18-5-3-2-4-6-18/h2-10,16H,11-15H2,1H3,(H,23,27). The van der Waals surface area contributed by atoms with Gasteiger partial charge in [0.2, 0.25) is 0 Å². The van der Waals surface area contributed by atoms with Crippen LogP contribution in [0.3, 0.4) is 0 Å². The molecule has 2 amide bonds. The zero-order valence-corrected chi connectivity index (χ0v) is 17.2. The number of amides is 2. The Labute approximate surface area is 174 Å². The molecule has 1 aliphatic heterocycles. The van der Waals surface area contributed by atoms with Gasteiger partial charge < -0.3 is 15.0 Å². The molecule has 0 atom stereocenters. The summed E-state index contributed by atoms with van der Waals surface area (Å²) >= 11 is 1.68. The van der Waals surface area contributed by atoms with E-state index in [0.717, 1.165) is 60.4 Å². The van der Waals surface area contributed by atoms with Gasteiger partial charge in [-0.05, 0) is 36.4 Å². The number of thiazole rings is 1. The van der Waals surface area contributed by atoms with Gasteiger partial charge in [-0.15, -0.1) is 11.3 Å². The second-order valence-electron chi connectivity index (χ2n) is 6.91. The number of nitrogens with zero attached hydrogens (tertiary/aromatic N) is 3. The summed E-state index contributed by atoms with van der Waals surface area (Å²) in [6, 6.07) is 17.5. The molecule has 4 rings (SSSR count). The summed E-state index contributed by atoms with van der Waals surface area (Å²) in [5.74, 6) is 0.846. The fraction of sp³-hybridized carbons (Fsp3) is 0.273. The molecule has 0 spiro atoms. The third-order valence-corrected chi connectivity index (χ3v) is 5.81. The molecule has 1 N–H and O–H groups in total. The number of nitrogens with one attached hydrogen (secondary N) is 1. The first-order valence-electron chi connectivity index (χ1n) is 9.63. The normalized spacial score (nSPS) is 14.6. The topological polar surface area (TPSA) is 57.7 Å². The molecule has 3 aromatic rings. The molecule has 150 valence electrons. The number of urea groups is 1. The molecule has 7 heteroatoms. The Hall–Kier alpha value is -2.90. The number of aromatic nitrogens is 1. The third kappa shape index (κ3) is 4.93. The van der Waals surface area contributed by atoms with Crippen molar-refractivity contribution < 1.29 is 9.53 Å². The molecule has 6 nitrogen and oxygen atoms in total. The molecule has 2 heterocycles. The third-order valence-electron chi connectivity index (χ3n) is 4.98. The minimum atomic E-state index is -0.0353. The molecular formula is C22H24N4O2S. The molecule has 0 bridgehead atoms. The maximum atomic E-state index is 12.4. The predicted octanol–water partition coefficient (Wildman–Crippen LogP) is 4.17. The van der Waals surface area contributed by atoms with E-state index in [0.29, 0.717) is 0 Å². The van der Waals surface area contributed by atoms with Crippen molar-refractivity contribution >= 4 is 23.1 Å². The molecule has 1 aromatic heterocycles. The first kappa shape index (κ1) is 19.4. The lowest BCUT2D eigenvalue weighted by Crippen LogP contribution is -2.49. The monoisotopic (exact) mass is 408 g/mol. The quantitative estimate of drug-likeness (QED) is 0.688. The van der Waals surface area contributed by atoms with Crippen molar-refractivity contribution in [2.75, 3.05) is 38.6 Å². The number of para-hydroxylation sites is 1. The lowest BCUT2D eigenvalue weighted by Gasteiger charge is -2.34. The zero-order valence-electron chi connectivity index (χ0n) is 16.4. The summed E-state index contributed by atoms with van der Waals surface area (Å²) in [5.41, 5.74) is 2.91. The molecule has 0 saturated carbocycles. The molecule has 1 aliphatic rings. The minimum absolute atomic E-state index is 0.0353. The number of carbonyl (C=O) groups is 1. The van der Waals surface area contributed by atoms with Gasteiger partial charge in [-0.2, -0.15) is 0 Å². The number of benzene rings is 2. The van der Waals surface area contributed by atoms with Crippen LogP contribution in [-0.4, -0.2) is 54.1 Å². The number of methoxy groups -OCH3 is 1. The number of hydrogen-bond donors (Lipinski definition) is 1. The number of rotatable bonds is 5. The van der Waals surface area contributed by atoms with Gasteiger partial charge in [0.15, 0.2) is 0 Å². The smallest absolute Gasteiger partial charge is 0.321 e. The average molecular weight is 409 g/mol. The van der Waals surface area contributed by atoms with E-state index in [1.807, 2.05) is 59.5 Å². The number of piperazine rings is 1. The fourth-order valence-electron chi connectivity index (χ4n) is 3.30. The maximum Gasteiger partial charge on any atom is 0.321 e. The van der Waals surface area contributed by atoms with E-state index in [4.69, 9.17) is 9.72 Å². The number of hydrogen-bond acceptors (Lipinski definition) is 5. The Morgan fingerprint density at radius 3 is 2.48 bits per heavy atom. The van der Waals surface area contributed by atoms with Crippen molar-refractivity contribution in [2.45, 2.75) is 6.54 Å². The summed E-state index contributed by atoms with van der Waals surface area (Å²) in [4.78, 5) is 21.4. The summed E-state index contributed by atoms with van der Waals surface area (Å²) in [6.45, 7) is 3.94. The van der Waals surface area contributed by atoms with Gasteiger partial charge in [0.05, 0.1) is 19.3 Å². The molecule has 0 radical (unpaired) electrons. The van der Waals surface area contributed by atoms with Crippen LogP contribution in [0.15, 0.2) is 60.0 Å². The lowest BCUT2D eigenvalue weighted by atomic mass is 10.2. The molecule has 29 heavy (non-hydrogen) atoms. The first-order chi connectivity index (χ1) is 14.2. The number of anilines is 1. The van der Waals surface area contributed by atoms with Crippen LogP contribution >= 0.6 is 11.3 Å². The maximum absolute atomic E-state index is 12.4. The molecule has 0 aliphatic carbocycles. The molecule has 1 saturated heterocycles. The van der Waals surface area contributed by atoms with Crippen molar-refractivity contribution in [3.63, 3.8) is 0 Å². The van der Waals surface area contributed by atoms with Crippen molar-refractivity contribution in [3.05, 3.63) is 65.0 Å². The van der Waals surface area contributed by atoms with Gasteiger partial charge in [0.1, 0.15) is 10.8 Å². The lowest BCUT2D eigenvalue weighted by molar-refractivity contribution is 0.143. The van der Waals surface area contributed by atoms with Crippen molar-refractivity contribution in [3.8, 4) is 17.0 Å². The van der Waals surface area contributed by atoms with E-state index in [-0.39, 0.29) is 6.03 Å². The molecule has 0 unspecified atom stereocenters. The van der Waals surface area contributed by atoms with E-state index in [1.165, 1.54) is 0 Å². The largest absolute Gasteiger partial charge is 0.497 e. The highest BCUT2D eigenvalue weighted by atomic mass is 32.1. The van der Waals surface area contributed by atoms with Crippen LogP contribution in [0.2, 0.25) is 0 Å². The molecule has 1 fully saturated rings. The van der Waals surface area contributed by atoms with Crippen LogP contribution in [0.25, 0.3) is 11.3 Å². The van der Waals surface area contributed by atoms with E-state index in [9.17, 15) is 4.79 Å². The summed E-state index contributed by atoms with van der Waals surface area (Å²) in [5, 5.41) is 6.15. The van der Waals surface area contributed by atoms with E-state index < -0.39 is 0 Å². The van der Waals surface area contributed by atoms with E-state index in [1.54, 1.807) is 18.4 Å². The molecular weight excluding hydrogens is 384 g/mol. The van der Waals surface area contributed by atoms with Crippen LogP contribution in [0.1, 0.15) is 5.01 Å². The van der Waals surface area contributed by atoms with E-state index >= 15 is 0 Å². The van der Waals surface area contributed by atoms with Crippen LogP contribution < -0.4 is 10.1 Å². The van der Waals surface area contributed by atoms with Crippen molar-refractivity contribution in [2.24, 2.45) is 0 Å². The highest BCUT2D eigenvalue weighted by molar-refractivity contribution is 7.09. The Bertz CT molecular complexity index is 935. The highest BCUT2D eigenvalue weighted by Crippen LogP contribution is 2.25. The van der Waals surface area contributed by atoms with Gasteiger partial charge in [0.25, 0.3) is 0 Å². The predicted molar refractivity (Wildman–Crippen MR) is 116 cm³/mol. The van der Waals surface area contributed by atoms with E-state index in [2.05, 4.69) is 15.6 Å². The van der Waals surface area contributed by atoms with Gasteiger partial charge in [-0.25, -0.2) is 9.78 Å². The first-order valence-corrected chi connectivity index (χ1v) is 10.5. The van der Waals surface area contributed by atoms with Gasteiger partial charge in [0, 0.05) is 42.8 Å². The second-order valence-corrected chi connectivity index (χ2v) is 7.86. The van der Waals surface area contributed by atoms with Gasteiger partial charge >= 0.3 is 6.03 Å². The minimum Gasteiger partial charge on any atom is -0.497 e. The highest BCUT2D eigenvalue weighted by Gasteiger charge is 2.22. The van der Waals surface area contributed by atoms with Gasteiger partial charge in [-0.3, -0.25) is 4.90 Å². The van der Waals surface area contributed by atoms with Crippen molar-refractivity contribution in [1.29, 1.82) is 0 Å². The number of carbonyl (C=O) groups excluding carboxylic acids is 1. The summed E-state index contributed by atoms with van der Waals surface area (Å²) < 4.78 is 5.21. The Morgan fingerprint density at radius 1 is 1.07 bits per heavy atom. The molecule has 2 aromatic carbocycles. The van der Waals surface area contributed by atoms with Crippen LogP contribution in [0.4, 0.5) is 10.5 Å².